The Balaban J connectivity index is 2.37. The zero-order chi connectivity index (χ0) is 15.5. The third-order valence-corrected chi connectivity index (χ3v) is 3.86. The Morgan fingerprint density at radius 2 is 2.05 bits per heavy atom. The molecule has 21 heavy (non-hydrogen) atoms. The lowest BCUT2D eigenvalue weighted by Gasteiger charge is -2.08. The van der Waals surface area contributed by atoms with Crippen LogP contribution >= 0.6 is 0 Å². The lowest BCUT2D eigenvalue weighted by Crippen LogP contribution is -2.15. The highest BCUT2D eigenvalue weighted by atomic mass is 32.2. The first-order valence-electron chi connectivity index (χ1n) is 5.87. The number of rotatable bonds is 4. The van der Waals surface area contributed by atoms with Gasteiger partial charge >= 0.3 is 0 Å². The Bertz CT molecular complexity index is 812. The Kier molecular flexibility index (Phi) is 4.05. The smallest absolute Gasteiger partial charge is 0.264 e. The topological polar surface area (TPSA) is 105 Å². The summed E-state index contributed by atoms with van der Waals surface area (Å²) in [5.74, 6) is 0.167. The number of aromatic nitrogens is 2. The highest BCUT2D eigenvalue weighted by molar-refractivity contribution is 7.92. The van der Waals surface area contributed by atoms with Gasteiger partial charge in [0.25, 0.3) is 10.0 Å². The van der Waals surface area contributed by atoms with E-state index in [1.807, 2.05) is 6.07 Å². The van der Waals surface area contributed by atoms with Gasteiger partial charge in [-0.15, -0.1) is 0 Å². The summed E-state index contributed by atoms with van der Waals surface area (Å²) in [6.45, 7) is 1.69. The van der Waals surface area contributed by atoms with Gasteiger partial charge in [-0.1, -0.05) is 6.07 Å². The maximum atomic E-state index is 12.2. The first kappa shape index (κ1) is 14.7. The Hall–Kier alpha value is -2.66. The van der Waals surface area contributed by atoms with Gasteiger partial charge in [0.15, 0.2) is 0 Å². The van der Waals surface area contributed by atoms with Crippen LogP contribution in [0.15, 0.2) is 35.2 Å². The van der Waals surface area contributed by atoms with Crippen LogP contribution in [0.5, 0.6) is 5.88 Å². The molecule has 1 aromatic heterocycles. The Morgan fingerprint density at radius 1 is 1.29 bits per heavy atom. The fourth-order valence-electron chi connectivity index (χ4n) is 1.60. The van der Waals surface area contributed by atoms with Crippen LogP contribution in [0.3, 0.4) is 0 Å². The van der Waals surface area contributed by atoms with Crippen LogP contribution in [-0.4, -0.2) is 25.5 Å². The second-order valence-corrected chi connectivity index (χ2v) is 5.80. The minimum Gasteiger partial charge on any atom is -0.481 e. The van der Waals surface area contributed by atoms with Crippen LogP contribution in [0.4, 0.5) is 5.95 Å². The number of benzene rings is 1. The van der Waals surface area contributed by atoms with Crippen LogP contribution in [0, 0.1) is 18.3 Å². The monoisotopic (exact) mass is 304 g/mol. The molecule has 1 aromatic carbocycles. The molecule has 0 radical (unpaired) electrons. The molecule has 1 heterocycles. The van der Waals surface area contributed by atoms with Crippen molar-refractivity contribution in [2.45, 2.75) is 11.8 Å². The summed E-state index contributed by atoms with van der Waals surface area (Å²) in [6.07, 6.45) is 0. The Labute approximate surface area is 122 Å². The number of hydrogen-bond acceptors (Lipinski definition) is 6. The van der Waals surface area contributed by atoms with Gasteiger partial charge in [0.2, 0.25) is 11.8 Å². The SMILES string of the molecule is COc1cc(C)nc(NS(=O)(=O)c2cccc(C#N)c2)n1. The average Bonchev–Trinajstić information content (AvgIpc) is 2.46. The predicted molar refractivity (Wildman–Crippen MR) is 75.3 cm³/mol. The summed E-state index contributed by atoms with van der Waals surface area (Å²) in [7, 11) is -2.44. The number of sulfonamides is 1. The minimum atomic E-state index is -3.87. The van der Waals surface area contributed by atoms with Crippen molar-refractivity contribution in [2.24, 2.45) is 0 Å². The molecule has 0 aliphatic carbocycles. The molecule has 8 heteroatoms. The van der Waals surface area contributed by atoms with E-state index in [1.165, 1.54) is 31.4 Å². The van der Waals surface area contributed by atoms with Crippen molar-refractivity contribution in [1.82, 2.24) is 9.97 Å². The number of nitrogens with zero attached hydrogens (tertiary/aromatic N) is 3. The molecule has 2 aromatic rings. The van der Waals surface area contributed by atoms with Crippen molar-refractivity contribution in [2.75, 3.05) is 11.8 Å². The number of nitrogens with one attached hydrogen (secondary N) is 1. The molecule has 0 saturated carbocycles. The van der Waals surface area contributed by atoms with Gasteiger partial charge in [0.1, 0.15) is 0 Å². The Morgan fingerprint density at radius 3 is 2.71 bits per heavy atom. The van der Waals surface area contributed by atoms with Crippen molar-refractivity contribution in [3.63, 3.8) is 0 Å². The van der Waals surface area contributed by atoms with Crippen LogP contribution in [0.1, 0.15) is 11.3 Å². The number of methoxy groups -OCH3 is 1. The zero-order valence-corrected chi connectivity index (χ0v) is 12.2. The largest absolute Gasteiger partial charge is 0.481 e. The predicted octanol–water partition coefficient (Wildman–Crippen LogP) is 1.47. The summed E-state index contributed by atoms with van der Waals surface area (Å²) in [6, 6.07) is 9.13. The van der Waals surface area contributed by atoms with Gasteiger partial charge in [-0.05, 0) is 25.1 Å². The fourth-order valence-corrected chi connectivity index (χ4v) is 2.59. The maximum Gasteiger partial charge on any atom is 0.264 e. The average molecular weight is 304 g/mol. The van der Waals surface area contributed by atoms with Crippen molar-refractivity contribution >= 4 is 16.0 Å². The summed E-state index contributed by atoms with van der Waals surface area (Å²) in [4.78, 5) is 7.87. The summed E-state index contributed by atoms with van der Waals surface area (Å²) in [5, 5.41) is 8.82. The molecule has 0 unspecified atom stereocenters. The first-order valence-corrected chi connectivity index (χ1v) is 7.35. The number of nitriles is 1. The van der Waals surface area contributed by atoms with Gasteiger partial charge in [0.05, 0.1) is 23.6 Å². The molecule has 0 aliphatic rings. The van der Waals surface area contributed by atoms with E-state index in [-0.39, 0.29) is 22.3 Å². The van der Waals surface area contributed by atoms with E-state index < -0.39 is 10.0 Å². The molecule has 0 saturated heterocycles. The first-order chi connectivity index (χ1) is 9.94. The van der Waals surface area contributed by atoms with Crippen molar-refractivity contribution in [3.8, 4) is 11.9 Å². The molecule has 0 bridgehead atoms. The van der Waals surface area contributed by atoms with Gasteiger partial charge in [-0.2, -0.15) is 10.2 Å². The molecule has 0 atom stereocenters. The molecule has 108 valence electrons. The van der Waals surface area contributed by atoms with Crippen LogP contribution in [-0.2, 0) is 10.0 Å². The van der Waals surface area contributed by atoms with Crippen LogP contribution in [0.2, 0.25) is 0 Å². The normalized spacial score (nSPS) is 10.7. The van der Waals surface area contributed by atoms with E-state index in [1.54, 1.807) is 13.0 Å². The van der Waals surface area contributed by atoms with Crippen LogP contribution in [0.25, 0.3) is 0 Å². The van der Waals surface area contributed by atoms with Crippen molar-refractivity contribution in [3.05, 3.63) is 41.6 Å². The third-order valence-electron chi connectivity index (χ3n) is 2.54. The molecule has 2 rings (SSSR count). The molecule has 0 fully saturated rings. The molecular weight excluding hydrogens is 292 g/mol. The maximum absolute atomic E-state index is 12.2. The number of ether oxygens (including phenoxy) is 1. The molecule has 0 aliphatic heterocycles. The van der Waals surface area contributed by atoms with E-state index in [0.717, 1.165) is 0 Å². The van der Waals surface area contributed by atoms with E-state index in [4.69, 9.17) is 10.00 Å². The van der Waals surface area contributed by atoms with E-state index in [9.17, 15) is 8.42 Å². The number of anilines is 1. The number of aryl methyl sites for hydroxylation is 1. The van der Waals surface area contributed by atoms with E-state index in [0.29, 0.717) is 5.69 Å². The summed E-state index contributed by atoms with van der Waals surface area (Å²) in [5.41, 5.74) is 0.811. The van der Waals surface area contributed by atoms with Crippen LogP contribution < -0.4 is 9.46 Å². The molecule has 1 N–H and O–H groups in total. The quantitative estimate of drug-likeness (QED) is 0.917. The third kappa shape index (κ3) is 3.46. The van der Waals surface area contributed by atoms with E-state index >= 15 is 0 Å². The second kappa shape index (κ2) is 5.76. The highest BCUT2D eigenvalue weighted by Crippen LogP contribution is 2.17. The fraction of sp³-hybridized carbons (Fsp3) is 0.154. The van der Waals surface area contributed by atoms with Crippen molar-refractivity contribution < 1.29 is 13.2 Å². The molecular formula is C13H12N4O3S. The zero-order valence-electron chi connectivity index (χ0n) is 11.4. The van der Waals surface area contributed by atoms with Gasteiger partial charge in [-0.3, -0.25) is 0 Å². The van der Waals surface area contributed by atoms with Crippen molar-refractivity contribution in [1.29, 1.82) is 5.26 Å². The van der Waals surface area contributed by atoms with Gasteiger partial charge < -0.3 is 4.74 Å². The molecule has 0 amide bonds. The highest BCUT2D eigenvalue weighted by Gasteiger charge is 2.17. The summed E-state index contributed by atoms with van der Waals surface area (Å²) >= 11 is 0. The lowest BCUT2D eigenvalue weighted by molar-refractivity contribution is 0.397. The minimum absolute atomic E-state index is 0.0365. The lowest BCUT2D eigenvalue weighted by atomic mass is 10.2. The summed E-state index contributed by atoms with van der Waals surface area (Å²) < 4.78 is 31.7. The second-order valence-electron chi connectivity index (χ2n) is 4.12. The molecule has 0 spiro atoms. The number of hydrogen-bond donors (Lipinski definition) is 1. The van der Waals surface area contributed by atoms with E-state index in [2.05, 4.69) is 14.7 Å². The van der Waals surface area contributed by atoms with Gasteiger partial charge in [-0.25, -0.2) is 18.1 Å². The van der Waals surface area contributed by atoms with Gasteiger partial charge in [0, 0.05) is 11.8 Å². The standard InChI is InChI=1S/C13H12N4O3S/c1-9-6-12(20-2)16-13(15-9)17-21(18,19)11-5-3-4-10(7-11)8-14/h3-7H,1-2H3,(H,15,16,17). The molecule has 7 nitrogen and oxygen atoms in total.